The Kier molecular flexibility index (Phi) is 7.34. The lowest BCUT2D eigenvalue weighted by Crippen LogP contribution is -2.63. The Morgan fingerprint density at radius 2 is 1.77 bits per heavy atom. The fraction of sp³-hybridized carbons (Fsp3) is 0.435. The molecule has 0 bridgehead atoms. The van der Waals surface area contributed by atoms with Crippen molar-refractivity contribution in [2.75, 3.05) is 13.1 Å². The van der Waals surface area contributed by atoms with Crippen LogP contribution in [0, 0.1) is 5.82 Å². The van der Waals surface area contributed by atoms with Crippen molar-refractivity contribution in [3.05, 3.63) is 68.4 Å². The normalized spacial score (nSPS) is 24.4. The Balaban J connectivity index is 1.38. The van der Waals surface area contributed by atoms with E-state index in [4.69, 9.17) is 27.9 Å². The fourth-order valence-electron chi connectivity index (χ4n) is 5.08. The Morgan fingerprint density at radius 1 is 1.13 bits per heavy atom. The van der Waals surface area contributed by atoms with Gasteiger partial charge >= 0.3 is 12.4 Å². The average molecular weight is 637 g/mol. The second-order valence-electron chi connectivity index (χ2n) is 9.49. The number of ether oxygens (including phenoxy) is 1. The van der Waals surface area contributed by atoms with Gasteiger partial charge in [-0.3, -0.25) is 4.90 Å². The topological polar surface area (TPSA) is 62.1 Å². The predicted octanol–water partition coefficient (Wildman–Crippen LogP) is 6.97. The highest BCUT2D eigenvalue weighted by atomic mass is 35.5. The quantitative estimate of drug-likeness (QED) is 0.166. The summed E-state index contributed by atoms with van der Waals surface area (Å²) in [5, 5.41) is -2.74. The molecule has 39 heavy (non-hydrogen) atoms. The third-order valence-corrected chi connectivity index (χ3v) is 9.75. The van der Waals surface area contributed by atoms with E-state index in [1.54, 1.807) is 18.2 Å². The molecule has 0 amide bonds. The number of hydrogen-bond acceptors (Lipinski definition) is 5. The number of nitrogens with zero attached hydrogens (tertiary/aromatic N) is 2. The summed E-state index contributed by atoms with van der Waals surface area (Å²) in [5.74, 6) is -1.03. The summed E-state index contributed by atoms with van der Waals surface area (Å²) in [4.78, 5) is 1.22. The summed E-state index contributed by atoms with van der Waals surface area (Å²) in [5.41, 5.74) is 0.435. The molecule has 2 aromatic carbocycles. The van der Waals surface area contributed by atoms with E-state index < -0.39 is 67.9 Å². The van der Waals surface area contributed by atoms with E-state index in [0.29, 0.717) is 16.7 Å². The van der Waals surface area contributed by atoms with E-state index in [-0.39, 0.29) is 42.9 Å². The van der Waals surface area contributed by atoms with Crippen molar-refractivity contribution in [2.45, 2.75) is 47.5 Å². The monoisotopic (exact) mass is 636 g/mol. The molecule has 1 fully saturated rings. The van der Waals surface area contributed by atoms with Crippen molar-refractivity contribution in [1.29, 1.82) is 0 Å². The molecule has 0 radical (unpaired) electrons. The summed E-state index contributed by atoms with van der Waals surface area (Å²) in [6.45, 7) is -0.0455. The zero-order valence-corrected chi connectivity index (χ0v) is 22.5. The van der Waals surface area contributed by atoms with E-state index in [1.807, 2.05) is 0 Å². The molecule has 2 aromatic rings. The van der Waals surface area contributed by atoms with Crippen LogP contribution in [-0.4, -0.2) is 50.2 Å². The van der Waals surface area contributed by atoms with Crippen LogP contribution < -0.4 is 0 Å². The number of rotatable bonds is 5. The summed E-state index contributed by atoms with van der Waals surface area (Å²) in [7, 11) is 0. The van der Waals surface area contributed by atoms with Gasteiger partial charge in [-0.15, -0.1) is 0 Å². The molecule has 212 valence electrons. The van der Waals surface area contributed by atoms with Gasteiger partial charge in [0.15, 0.2) is 21.6 Å². The Hall–Kier alpha value is -1.42. The van der Waals surface area contributed by atoms with Crippen molar-refractivity contribution < 1.29 is 44.2 Å². The van der Waals surface area contributed by atoms with Gasteiger partial charge in [0.05, 0.1) is 28.8 Å². The van der Waals surface area contributed by atoms with Gasteiger partial charge in [-0.25, -0.2) is 13.0 Å². The molecule has 1 spiro atoms. The smallest absolute Gasteiger partial charge is 0.363 e. The zero-order chi connectivity index (χ0) is 28.5. The lowest BCUT2D eigenvalue weighted by molar-refractivity contribution is -0.175. The SMILES string of the molecule is O=S(O)[C@@H](CC(F)(F)F)N1CC2(C1)OCc1cc(C3=NS[C@@](c4cc(Cl)c(F)c(Cl)c4)(C(F)(F)F)C3)ccc12. The van der Waals surface area contributed by atoms with E-state index in [0.717, 1.165) is 12.1 Å². The minimum Gasteiger partial charge on any atom is -0.363 e. The first-order valence-corrected chi connectivity index (χ1v) is 13.9. The van der Waals surface area contributed by atoms with Crippen LogP contribution >= 0.6 is 35.1 Å². The maximum atomic E-state index is 14.4. The van der Waals surface area contributed by atoms with Gasteiger partial charge in [0.2, 0.25) is 0 Å². The van der Waals surface area contributed by atoms with Gasteiger partial charge in [0.1, 0.15) is 11.0 Å². The van der Waals surface area contributed by atoms with Crippen LogP contribution in [0.15, 0.2) is 34.7 Å². The maximum Gasteiger partial charge on any atom is 0.409 e. The van der Waals surface area contributed by atoms with Crippen LogP contribution in [0.1, 0.15) is 35.1 Å². The molecule has 3 aliphatic heterocycles. The van der Waals surface area contributed by atoms with Crippen LogP contribution in [0.5, 0.6) is 0 Å². The third-order valence-electron chi connectivity index (χ3n) is 7.03. The molecule has 0 aromatic heterocycles. The molecule has 5 nitrogen and oxygen atoms in total. The summed E-state index contributed by atoms with van der Waals surface area (Å²) in [6.07, 6.45) is -11.5. The van der Waals surface area contributed by atoms with Crippen LogP contribution in [0.4, 0.5) is 30.7 Å². The molecular weight excluding hydrogens is 620 g/mol. The number of benzene rings is 2. The predicted molar refractivity (Wildman–Crippen MR) is 133 cm³/mol. The van der Waals surface area contributed by atoms with Gasteiger partial charge in [0, 0.05) is 19.5 Å². The molecule has 3 aliphatic rings. The fourth-order valence-corrected chi connectivity index (χ4v) is 7.27. The van der Waals surface area contributed by atoms with Gasteiger partial charge in [0.25, 0.3) is 0 Å². The van der Waals surface area contributed by atoms with Crippen LogP contribution in [0.25, 0.3) is 0 Å². The minimum atomic E-state index is -4.80. The number of hydrogen-bond donors (Lipinski definition) is 1. The molecule has 1 N–H and O–H groups in total. The average Bonchev–Trinajstić information content (AvgIpc) is 3.42. The second kappa shape index (κ2) is 9.85. The first-order valence-electron chi connectivity index (χ1n) is 11.2. The minimum absolute atomic E-state index is 0.0491. The van der Waals surface area contributed by atoms with Crippen molar-refractivity contribution in [2.24, 2.45) is 4.40 Å². The largest absolute Gasteiger partial charge is 0.409 e. The molecule has 0 saturated carbocycles. The van der Waals surface area contributed by atoms with Gasteiger partial charge in [-0.1, -0.05) is 35.3 Å². The molecule has 1 unspecified atom stereocenters. The standard InChI is InChI=1S/C23H17Cl2F7N2O3S2/c24-15-4-13(5-16(25)19(15)26)21(23(30,31)32)6-17(33-38-21)11-1-2-14-12(3-11)8-37-20(14)9-34(10-20)18(39(35)36)7-22(27,28)29/h1-5,18H,6-10H2,(H,35,36)/t18-,21-/m0/s1. The van der Waals surface area contributed by atoms with E-state index in [2.05, 4.69) is 4.40 Å². The molecule has 0 aliphatic carbocycles. The first kappa shape index (κ1) is 29.1. The van der Waals surface area contributed by atoms with Crippen LogP contribution in [0.3, 0.4) is 0 Å². The van der Waals surface area contributed by atoms with Crippen LogP contribution in [-0.2, 0) is 32.8 Å². The van der Waals surface area contributed by atoms with E-state index in [1.165, 1.54) is 4.90 Å². The first-order chi connectivity index (χ1) is 18.1. The van der Waals surface area contributed by atoms with Gasteiger partial charge in [-0.05, 0) is 52.4 Å². The van der Waals surface area contributed by atoms with Gasteiger partial charge in [-0.2, -0.15) is 26.3 Å². The lowest BCUT2D eigenvalue weighted by atomic mass is 9.83. The van der Waals surface area contributed by atoms with Crippen molar-refractivity contribution in [3.63, 3.8) is 0 Å². The third kappa shape index (κ3) is 5.10. The highest BCUT2D eigenvalue weighted by molar-refractivity contribution is 7.99. The molecular formula is C23H17Cl2F7N2O3S2. The molecule has 3 heterocycles. The van der Waals surface area contributed by atoms with E-state index in [9.17, 15) is 39.5 Å². The Labute approximate surface area is 234 Å². The van der Waals surface area contributed by atoms with Crippen LogP contribution in [0.2, 0.25) is 10.0 Å². The van der Waals surface area contributed by atoms with Gasteiger partial charge < -0.3 is 9.29 Å². The summed E-state index contributed by atoms with van der Waals surface area (Å²) < 4.78 is 124. The number of likely N-dealkylation sites (tertiary alicyclic amines) is 1. The lowest BCUT2D eigenvalue weighted by Gasteiger charge is -2.50. The molecule has 5 rings (SSSR count). The van der Waals surface area contributed by atoms with Crippen molar-refractivity contribution in [3.8, 4) is 0 Å². The number of fused-ring (bicyclic) bond motifs is 2. The maximum absolute atomic E-state index is 14.4. The summed E-state index contributed by atoms with van der Waals surface area (Å²) in [6, 6.07) is 6.55. The zero-order valence-electron chi connectivity index (χ0n) is 19.4. The Bertz CT molecular complexity index is 1360. The van der Waals surface area contributed by atoms with Crippen molar-refractivity contribution in [1.82, 2.24) is 4.90 Å². The van der Waals surface area contributed by atoms with E-state index >= 15 is 0 Å². The number of alkyl halides is 6. The second-order valence-corrected chi connectivity index (χ2v) is 12.5. The molecule has 3 atom stereocenters. The van der Waals surface area contributed by atoms with Crippen molar-refractivity contribution >= 4 is 51.9 Å². The Morgan fingerprint density at radius 3 is 2.33 bits per heavy atom. The number of halogens is 9. The highest BCUT2D eigenvalue weighted by Gasteiger charge is 2.60. The summed E-state index contributed by atoms with van der Waals surface area (Å²) >= 11 is 9.08. The molecule has 16 heteroatoms. The highest BCUT2D eigenvalue weighted by Crippen LogP contribution is 2.57. The molecule has 1 saturated heterocycles.